The number of benzene rings is 3. The number of ether oxygens (including phenoxy) is 1. The van der Waals surface area contributed by atoms with Gasteiger partial charge in [0, 0.05) is 82.8 Å². The van der Waals surface area contributed by atoms with Gasteiger partial charge < -0.3 is 24.8 Å². The Bertz CT molecular complexity index is 2630. The molecule has 64 heavy (non-hydrogen) atoms. The highest BCUT2D eigenvalue weighted by molar-refractivity contribution is 6.02. The fourth-order valence-electron chi connectivity index (χ4n) is 9.25. The fraction of sp³-hybridized carbons (Fsp3) is 0.408. The number of hydrogen-bond donors (Lipinski definition) is 2. The third-order valence-corrected chi connectivity index (χ3v) is 13.0. The lowest BCUT2D eigenvalue weighted by atomic mass is 10.0. The number of H-pyrrole nitrogens is 1. The number of carbonyl (C=O) groups excluding carboxylic acids is 4. The second kappa shape index (κ2) is 18.8. The van der Waals surface area contributed by atoms with E-state index >= 15 is 4.39 Å². The monoisotopic (exact) mass is 868 g/mol. The number of likely N-dealkylation sites (tertiary alicyclic amines) is 2. The number of pyridine rings is 1. The largest absolute Gasteiger partial charge is 0.375 e. The van der Waals surface area contributed by atoms with Crippen molar-refractivity contribution in [2.75, 3.05) is 64.2 Å². The van der Waals surface area contributed by atoms with Crippen molar-refractivity contribution in [1.82, 2.24) is 34.8 Å². The van der Waals surface area contributed by atoms with Crippen LogP contribution in [-0.2, 0) is 20.7 Å². The van der Waals surface area contributed by atoms with Crippen LogP contribution in [0, 0.1) is 5.82 Å². The number of halogens is 1. The van der Waals surface area contributed by atoms with Crippen LogP contribution in [0.2, 0.25) is 0 Å². The Kier molecular flexibility index (Phi) is 12.6. The van der Waals surface area contributed by atoms with Crippen LogP contribution in [0.25, 0.3) is 21.9 Å². The summed E-state index contributed by atoms with van der Waals surface area (Å²) in [5, 5.41) is 10.8. The zero-order valence-corrected chi connectivity index (χ0v) is 36.1. The van der Waals surface area contributed by atoms with Crippen LogP contribution in [0.4, 0.5) is 10.1 Å². The van der Waals surface area contributed by atoms with E-state index in [-0.39, 0.29) is 53.3 Å². The summed E-state index contributed by atoms with van der Waals surface area (Å²) in [6, 6.07) is 21.8. The number of aromatic amines is 1. The third kappa shape index (κ3) is 9.75. The van der Waals surface area contributed by atoms with Crippen molar-refractivity contribution in [2.24, 2.45) is 0 Å². The highest BCUT2D eigenvalue weighted by Gasteiger charge is 2.32. The van der Waals surface area contributed by atoms with Crippen LogP contribution < -0.4 is 10.9 Å². The molecule has 5 heterocycles. The van der Waals surface area contributed by atoms with Gasteiger partial charge in [0.15, 0.2) is 5.69 Å². The predicted octanol–water partition coefficient (Wildman–Crippen LogP) is 5.62. The molecule has 14 nitrogen and oxygen atoms in total. The van der Waals surface area contributed by atoms with Crippen molar-refractivity contribution in [2.45, 2.75) is 70.0 Å². The lowest BCUT2D eigenvalue weighted by molar-refractivity contribution is -0.135. The second-order valence-electron chi connectivity index (χ2n) is 17.5. The third-order valence-electron chi connectivity index (χ3n) is 13.0. The van der Waals surface area contributed by atoms with E-state index in [9.17, 15) is 24.0 Å². The van der Waals surface area contributed by atoms with Crippen molar-refractivity contribution in [3.05, 3.63) is 123 Å². The van der Waals surface area contributed by atoms with Crippen LogP contribution in [0.3, 0.4) is 0 Å². The molecule has 0 unspecified atom stereocenters. The maximum Gasteiger partial charge on any atom is 0.274 e. The lowest BCUT2D eigenvalue weighted by Crippen LogP contribution is -2.53. The molecule has 0 atom stereocenters. The number of piperazine rings is 1. The zero-order valence-electron chi connectivity index (χ0n) is 36.1. The normalized spacial score (nSPS) is 17.8. The van der Waals surface area contributed by atoms with Crippen molar-refractivity contribution in [1.29, 1.82) is 0 Å². The molecule has 1 saturated carbocycles. The number of nitrogens with zero attached hydrogens (tertiary/aromatic N) is 6. The standard InChI is InChI=1S/C49H53FN8O6/c1-31(59)52-44-28-36(35-6-4-5-34(27-35)33-10-11-33)29-51-46(44)49(63)57-19-15-38(16-20-57)64-37-13-17-55(18-14-37)30-45(60)56-21-23-58(24-22-56)48(62)41-25-32(9-12-42(41)50)26-43-39-7-2-3-8-40(39)47(61)54-53-43/h2-9,12,25,27-29,33,37-38H,10-11,13-24,26,30H2,1H3,(H,52,59)(H,54,61). The molecule has 0 spiro atoms. The van der Waals surface area contributed by atoms with Gasteiger partial charge in [-0.05, 0) is 85.4 Å². The van der Waals surface area contributed by atoms with Gasteiger partial charge in [-0.1, -0.05) is 48.5 Å². The highest BCUT2D eigenvalue weighted by atomic mass is 19.1. The Labute approximate surface area is 370 Å². The number of anilines is 1. The van der Waals surface area contributed by atoms with Crippen molar-refractivity contribution in [3.8, 4) is 11.1 Å². The molecule has 332 valence electrons. The molecule has 15 heteroatoms. The smallest absolute Gasteiger partial charge is 0.274 e. The van der Waals surface area contributed by atoms with E-state index in [0.29, 0.717) is 92.2 Å². The molecule has 3 saturated heterocycles. The average molecular weight is 869 g/mol. The number of amides is 4. The van der Waals surface area contributed by atoms with E-state index in [1.54, 1.807) is 45.2 Å². The van der Waals surface area contributed by atoms with Crippen LogP contribution >= 0.6 is 0 Å². The van der Waals surface area contributed by atoms with E-state index in [1.165, 1.54) is 31.4 Å². The molecule has 4 fully saturated rings. The van der Waals surface area contributed by atoms with Gasteiger partial charge in [0.25, 0.3) is 17.4 Å². The molecule has 3 aromatic carbocycles. The zero-order chi connectivity index (χ0) is 44.3. The van der Waals surface area contributed by atoms with Crippen LogP contribution in [0.5, 0.6) is 0 Å². The molecule has 0 bridgehead atoms. The number of rotatable bonds is 11. The van der Waals surface area contributed by atoms with E-state index in [4.69, 9.17) is 4.74 Å². The lowest BCUT2D eigenvalue weighted by Gasteiger charge is -2.38. The van der Waals surface area contributed by atoms with E-state index in [0.717, 1.165) is 37.1 Å². The fourth-order valence-corrected chi connectivity index (χ4v) is 9.25. The molecule has 1 aliphatic carbocycles. The van der Waals surface area contributed by atoms with E-state index in [1.807, 2.05) is 30.3 Å². The maximum atomic E-state index is 15.1. The van der Waals surface area contributed by atoms with Gasteiger partial charge in [0.2, 0.25) is 11.8 Å². The Balaban J connectivity index is 0.712. The van der Waals surface area contributed by atoms with Crippen LogP contribution in [0.15, 0.2) is 83.8 Å². The molecule has 2 N–H and O–H groups in total. The number of fused-ring (bicyclic) bond motifs is 1. The summed E-state index contributed by atoms with van der Waals surface area (Å²) in [6.45, 7) is 5.55. The first kappa shape index (κ1) is 43.0. The molecule has 2 aromatic heterocycles. The topological polar surface area (TPSA) is 161 Å². The van der Waals surface area contributed by atoms with Crippen molar-refractivity contribution in [3.63, 3.8) is 0 Å². The first-order valence-corrected chi connectivity index (χ1v) is 22.4. The van der Waals surface area contributed by atoms with Crippen molar-refractivity contribution >= 4 is 40.1 Å². The minimum Gasteiger partial charge on any atom is -0.375 e. The predicted molar refractivity (Wildman–Crippen MR) is 239 cm³/mol. The minimum atomic E-state index is -0.613. The molecule has 9 rings (SSSR count). The summed E-state index contributed by atoms with van der Waals surface area (Å²) >= 11 is 0. The molecule has 0 radical (unpaired) electrons. The highest BCUT2D eigenvalue weighted by Crippen LogP contribution is 2.41. The van der Waals surface area contributed by atoms with Gasteiger partial charge in [-0.3, -0.25) is 28.9 Å². The molecular formula is C49H53FN8O6. The maximum absolute atomic E-state index is 15.1. The number of aromatic nitrogens is 3. The van der Waals surface area contributed by atoms with E-state index < -0.39 is 11.7 Å². The summed E-state index contributed by atoms with van der Waals surface area (Å²) < 4.78 is 21.6. The molecule has 3 aliphatic heterocycles. The van der Waals surface area contributed by atoms with Gasteiger partial charge in [-0.2, -0.15) is 5.10 Å². The van der Waals surface area contributed by atoms with Gasteiger partial charge in [0.1, 0.15) is 5.82 Å². The van der Waals surface area contributed by atoms with Crippen molar-refractivity contribution < 1.29 is 28.3 Å². The SMILES string of the molecule is CC(=O)Nc1cc(-c2cccc(C3CC3)c2)cnc1C(=O)N1CCC(OC2CCN(CC(=O)N3CCN(C(=O)c4cc(Cc5n[nH]c(=O)c6ccccc56)ccc4F)CC3)CC2)CC1. The Morgan fingerprint density at radius 1 is 0.750 bits per heavy atom. The quantitative estimate of drug-likeness (QED) is 0.172. The number of carbonyl (C=O) groups is 4. The summed E-state index contributed by atoms with van der Waals surface area (Å²) in [5.74, 6) is -0.896. The van der Waals surface area contributed by atoms with Crippen LogP contribution in [-0.4, -0.2) is 130 Å². The molecule has 4 amide bonds. The Hall–Kier alpha value is -6.32. The summed E-state index contributed by atoms with van der Waals surface area (Å²) in [4.78, 5) is 77.0. The van der Waals surface area contributed by atoms with Gasteiger partial charge >= 0.3 is 0 Å². The number of piperidine rings is 2. The van der Waals surface area contributed by atoms with Gasteiger partial charge in [0.05, 0.1) is 41.1 Å². The Morgan fingerprint density at radius 3 is 2.16 bits per heavy atom. The summed E-state index contributed by atoms with van der Waals surface area (Å²) in [6.07, 6.45) is 7.51. The number of nitrogens with one attached hydrogen (secondary N) is 2. The second-order valence-corrected chi connectivity index (χ2v) is 17.5. The molecule has 5 aromatic rings. The Morgan fingerprint density at radius 2 is 1.44 bits per heavy atom. The molecular weight excluding hydrogens is 816 g/mol. The van der Waals surface area contributed by atoms with Gasteiger partial charge in [-0.15, -0.1) is 0 Å². The summed E-state index contributed by atoms with van der Waals surface area (Å²) in [5.41, 5.74) is 4.80. The molecule has 4 aliphatic rings. The minimum absolute atomic E-state index is 0.00545. The van der Waals surface area contributed by atoms with Gasteiger partial charge in [-0.25, -0.2) is 14.5 Å². The summed E-state index contributed by atoms with van der Waals surface area (Å²) in [7, 11) is 0. The average Bonchev–Trinajstić information content (AvgIpc) is 4.17. The van der Waals surface area contributed by atoms with E-state index in [2.05, 4.69) is 37.5 Å². The van der Waals surface area contributed by atoms with Crippen LogP contribution in [0.1, 0.15) is 89.0 Å². The first-order chi connectivity index (χ1) is 31.1. The first-order valence-electron chi connectivity index (χ1n) is 22.4. The number of hydrogen-bond acceptors (Lipinski definition) is 9.